The van der Waals surface area contributed by atoms with Gasteiger partial charge in [0.25, 0.3) is 0 Å². The van der Waals surface area contributed by atoms with E-state index >= 15 is 0 Å². The summed E-state index contributed by atoms with van der Waals surface area (Å²) in [5, 5.41) is 4.97. The Morgan fingerprint density at radius 3 is 3.11 bits per heavy atom. The Bertz CT molecular complexity index is 525. The van der Waals surface area contributed by atoms with E-state index in [0.29, 0.717) is 13.0 Å². The third kappa shape index (κ3) is 3.15. The third-order valence-electron chi connectivity index (χ3n) is 3.86. The molecule has 1 fully saturated rings. The molecule has 102 valence electrons. The molecule has 0 spiro atoms. The molecule has 1 aliphatic rings. The fraction of sp³-hybridized carbons (Fsp3) is 0.571. The number of rotatable bonds is 5. The average molecular weight is 277 g/mol. The van der Waals surface area contributed by atoms with Crippen LogP contribution >= 0.6 is 11.3 Å². The number of amides is 1. The van der Waals surface area contributed by atoms with Gasteiger partial charge in [0.15, 0.2) is 4.96 Å². The summed E-state index contributed by atoms with van der Waals surface area (Å²) in [7, 11) is 0. The van der Waals surface area contributed by atoms with Crippen molar-refractivity contribution in [3.05, 3.63) is 23.5 Å². The van der Waals surface area contributed by atoms with Crippen LogP contribution in [0.25, 0.3) is 4.96 Å². The smallest absolute Gasteiger partial charge is 0.220 e. The maximum Gasteiger partial charge on any atom is 0.220 e. The lowest BCUT2D eigenvalue weighted by molar-refractivity contribution is -0.121. The van der Waals surface area contributed by atoms with Gasteiger partial charge in [-0.3, -0.25) is 9.20 Å². The number of imidazole rings is 1. The van der Waals surface area contributed by atoms with E-state index in [0.717, 1.165) is 23.0 Å². The van der Waals surface area contributed by atoms with Crippen molar-refractivity contribution in [2.75, 3.05) is 0 Å². The molecular weight excluding hydrogens is 258 g/mol. The highest BCUT2D eigenvalue weighted by molar-refractivity contribution is 7.15. The van der Waals surface area contributed by atoms with Crippen LogP contribution in [0.2, 0.25) is 0 Å². The Kier molecular flexibility index (Phi) is 3.82. The minimum Gasteiger partial charge on any atom is -0.350 e. The standard InChI is InChI=1S/C14H19N3OS/c18-13(6-5-11-3-1-2-4-11)15-9-12-10-17-7-8-19-14(17)16-12/h7-8,10-11H,1-6,9H2,(H,15,18). The highest BCUT2D eigenvalue weighted by Crippen LogP contribution is 2.28. The van der Waals surface area contributed by atoms with Crippen LogP contribution in [-0.4, -0.2) is 15.3 Å². The van der Waals surface area contributed by atoms with Gasteiger partial charge >= 0.3 is 0 Å². The Balaban J connectivity index is 1.43. The minimum absolute atomic E-state index is 0.156. The van der Waals surface area contributed by atoms with Crippen LogP contribution in [-0.2, 0) is 11.3 Å². The highest BCUT2D eigenvalue weighted by atomic mass is 32.1. The quantitative estimate of drug-likeness (QED) is 0.913. The largest absolute Gasteiger partial charge is 0.350 e. The van der Waals surface area contributed by atoms with Crippen molar-refractivity contribution in [1.82, 2.24) is 14.7 Å². The minimum atomic E-state index is 0.156. The first-order valence-corrected chi connectivity index (χ1v) is 7.87. The molecule has 1 aliphatic carbocycles. The molecule has 2 aromatic heterocycles. The van der Waals surface area contributed by atoms with Gasteiger partial charge in [0, 0.05) is 24.2 Å². The van der Waals surface area contributed by atoms with Gasteiger partial charge in [0.1, 0.15) is 0 Å². The number of carbonyl (C=O) groups is 1. The molecule has 0 aromatic carbocycles. The van der Waals surface area contributed by atoms with E-state index in [-0.39, 0.29) is 5.91 Å². The maximum absolute atomic E-state index is 11.8. The van der Waals surface area contributed by atoms with E-state index in [1.54, 1.807) is 11.3 Å². The number of nitrogens with zero attached hydrogens (tertiary/aromatic N) is 2. The van der Waals surface area contributed by atoms with Gasteiger partial charge in [-0.2, -0.15) is 0 Å². The highest BCUT2D eigenvalue weighted by Gasteiger charge is 2.16. The normalized spacial score (nSPS) is 16.2. The number of fused-ring (bicyclic) bond motifs is 1. The molecule has 19 heavy (non-hydrogen) atoms. The van der Waals surface area contributed by atoms with Crippen molar-refractivity contribution in [1.29, 1.82) is 0 Å². The molecule has 0 bridgehead atoms. The second-order valence-electron chi connectivity index (χ2n) is 5.29. The molecule has 2 heterocycles. The first-order valence-electron chi connectivity index (χ1n) is 6.99. The summed E-state index contributed by atoms with van der Waals surface area (Å²) in [5.74, 6) is 0.937. The Hall–Kier alpha value is -1.36. The van der Waals surface area contributed by atoms with E-state index in [1.807, 2.05) is 22.2 Å². The molecule has 0 unspecified atom stereocenters. The van der Waals surface area contributed by atoms with E-state index in [1.165, 1.54) is 25.7 Å². The summed E-state index contributed by atoms with van der Waals surface area (Å²) in [6, 6.07) is 0. The van der Waals surface area contributed by atoms with Crippen LogP contribution in [0.3, 0.4) is 0 Å². The van der Waals surface area contributed by atoms with Gasteiger partial charge in [-0.1, -0.05) is 25.7 Å². The number of hydrogen-bond acceptors (Lipinski definition) is 3. The zero-order valence-corrected chi connectivity index (χ0v) is 11.8. The maximum atomic E-state index is 11.8. The second-order valence-corrected chi connectivity index (χ2v) is 6.16. The Morgan fingerprint density at radius 2 is 2.32 bits per heavy atom. The van der Waals surface area contributed by atoms with Gasteiger partial charge in [0.2, 0.25) is 5.91 Å². The van der Waals surface area contributed by atoms with Crippen molar-refractivity contribution in [3.8, 4) is 0 Å². The van der Waals surface area contributed by atoms with Gasteiger partial charge in [0.05, 0.1) is 12.2 Å². The number of aromatic nitrogens is 2. The molecule has 5 heteroatoms. The summed E-state index contributed by atoms with van der Waals surface area (Å²) in [5.41, 5.74) is 0.932. The molecular formula is C14H19N3OS. The average Bonchev–Trinajstić information content (AvgIpc) is 3.09. The number of carbonyl (C=O) groups excluding carboxylic acids is 1. The van der Waals surface area contributed by atoms with Gasteiger partial charge < -0.3 is 5.32 Å². The molecule has 0 aliphatic heterocycles. The molecule has 0 radical (unpaired) electrons. The fourth-order valence-corrected chi connectivity index (χ4v) is 3.49. The first kappa shape index (κ1) is 12.7. The lowest BCUT2D eigenvalue weighted by Crippen LogP contribution is -2.23. The zero-order chi connectivity index (χ0) is 13.1. The van der Waals surface area contributed by atoms with Crippen molar-refractivity contribution < 1.29 is 4.79 Å². The molecule has 0 atom stereocenters. The van der Waals surface area contributed by atoms with Gasteiger partial charge in [-0.25, -0.2) is 4.98 Å². The predicted octanol–water partition coefficient (Wildman–Crippen LogP) is 2.98. The van der Waals surface area contributed by atoms with Crippen LogP contribution in [0.4, 0.5) is 0 Å². The van der Waals surface area contributed by atoms with Crippen molar-refractivity contribution in [2.45, 2.75) is 45.1 Å². The van der Waals surface area contributed by atoms with Crippen LogP contribution in [0, 0.1) is 5.92 Å². The van der Waals surface area contributed by atoms with Gasteiger partial charge in [-0.15, -0.1) is 11.3 Å². The van der Waals surface area contributed by atoms with E-state index in [9.17, 15) is 4.79 Å². The Morgan fingerprint density at radius 1 is 1.47 bits per heavy atom. The molecule has 1 amide bonds. The summed E-state index contributed by atoms with van der Waals surface area (Å²) in [6.07, 6.45) is 11.0. The summed E-state index contributed by atoms with van der Waals surface area (Å²) in [6.45, 7) is 0.540. The summed E-state index contributed by atoms with van der Waals surface area (Å²) < 4.78 is 1.99. The van der Waals surface area contributed by atoms with E-state index in [4.69, 9.17) is 0 Å². The fourth-order valence-electron chi connectivity index (χ4n) is 2.77. The van der Waals surface area contributed by atoms with Crippen LogP contribution in [0.1, 0.15) is 44.2 Å². The summed E-state index contributed by atoms with van der Waals surface area (Å²) >= 11 is 1.61. The molecule has 1 N–H and O–H groups in total. The SMILES string of the molecule is O=C(CCC1CCCC1)NCc1cn2ccsc2n1. The molecule has 4 nitrogen and oxygen atoms in total. The Labute approximate surface area is 116 Å². The van der Waals surface area contributed by atoms with Crippen LogP contribution in [0.5, 0.6) is 0 Å². The van der Waals surface area contributed by atoms with Crippen molar-refractivity contribution >= 4 is 22.2 Å². The second kappa shape index (κ2) is 5.74. The lowest BCUT2D eigenvalue weighted by Gasteiger charge is -2.08. The zero-order valence-electron chi connectivity index (χ0n) is 11.0. The number of hydrogen-bond donors (Lipinski definition) is 1. The molecule has 2 aromatic rings. The van der Waals surface area contributed by atoms with E-state index < -0.39 is 0 Å². The van der Waals surface area contributed by atoms with E-state index in [2.05, 4.69) is 10.3 Å². The van der Waals surface area contributed by atoms with Crippen molar-refractivity contribution in [3.63, 3.8) is 0 Å². The predicted molar refractivity (Wildman–Crippen MR) is 76.1 cm³/mol. The molecule has 3 rings (SSSR count). The number of nitrogens with one attached hydrogen (secondary N) is 1. The van der Waals surface area contributed by atoms with Crippen molar-refractivity contribution in [2.24, 2.45) is 5.92 Å². The topological polar surface area (TPSA) is 46.4 Å². The van der Waals surface area contributed by atoms with Crippen LogP contribution < -0.4 is 5.32 Å². The lowest BCUT2D eigenvalue weighted by atomic mass is 10.0. The third-order valence-corrected chi connectivity index (χ3v) is 4.63. The number of thiazole rings is 1. The molecule has 1 saturated carbocycles. The summed E-state index contributed by atoms with van der Waals surface area (Å²) in [4.78, 5) is 17.2. The monoisotopic (exact) mass is 277 g/mol. The first-order chi connectivity index (χ1) is 9.31. The van der Waals surface area contributed by atoms with Crippen LogP contribution in [0.15, 0.2) is 17.8 Å². The van der Waals surface area contributed by atoms with Gasteiger partial charge in [-0.05, 0) is 12.3 Å². The molecule has 0 saturated heterocycles.